The Hall–Kier alpha value is -3.34. The second kappa shape index (κ2) is 8.36. The number of hydrogen-bond acceptors (Lipinski definition) is 3. The first-order valence-electron chi connectivity index (χ1n) is 8.84. The van der Waals surface area contributed by atoms with Gasteiger partial charge in [-0.2, -0.15) is 0 Å². The van der Waals surface area contributed by atoms with E-state index in [0.717, 1.165) is 11.1 Å². The maximum Gasteiger partial charge on any atom is 0.291 e. The Labute approximate surface area is 158 Å². The SMILES string of the molecule is Cc1cccc(C(=O)NC[C@H](C)c2ccccc2)c1NC(=O)c1ccco1. The summed E-state index contributed by atoms with van der Waals surface area (Å²) in [4.78, 5) is 25.1. The van der Waals surface area contributed by atoms with Crippen molar-refractivity contribution in [1.82, 2.24) is 5.32 Å². The zero-order valence-electron chi connectivity index (χ0n) is 15.4. The Balaban J connectivity index is 1.73. The van der Waals surface area contributed by atoms with Crippen molar-refractivity contribution in [3.05, 3.63) is 89.4 Å². The zero-order valence-corrected chi connectivity index (χ0v) is 15.4. The third-order valence-electron chi connectivity index (χ3n) is 4.44. The fourth-order valence-corrected chi connectivity index (χ4v) is 2.85. The Kier molecular flexibility index (Phi) is 5.71. The van der Waals surface area contributed by atoms with Gasteiger partial charge in [-0.25, -0.2) is 0 Å². The summed E-state index contributed by atoms with van der Waals surface area (Å²) in [5.41, 5.74) is 2.88. The lowest BCUT2D eigenvalue weighted by molar-refractivity contribution is 0.0952. The molecule has 1 atom stereocenters. The van der Waals surface area contributed by atoms with E-state index in [-0.39, 0.29) is 23.5 Å². The number of rotatable bonds is 6. The molecule has 0 aliphatic carbocycles. The molecule has 0 aliphatic rings. The predicted octanol–water partition coefficient (Wildman–Crippen LogP) is 4.37. The van der Waals surface area contributed by atoms with Crippen molar-refractivity contribution in [2.24, 2.45) is 0 Å². The number of carbonyl (C=O) groups is 2. The molecule has 5 nitrogen and oxygen atoms in total. The maximum absolute atomic E-state index is 12.7. The number of para-hydroxylation sites is 1. The van der Waals surface area contributed by atoms with E-state index in [1.165, 1.54) is 6.26 Å². The topological polar surface area (TPSA) is 71.3 Å². The molecule has 0 bridgehead atoms. The first kappa shape index (κ1) is 18.5. The van der Waals surface area contributed by atoms with Crippen molar-refractivity contribution in [2.45, 2.75) is 19.8 Å². The molecule has 2 N–H and O–H groups in total. The van der Waals surface area contributed by atoms with E-state index >= 15 is 0 Å². The van der Waals surface area contributed by atoms with Crippen LogP contribution in [0.5, 0.6) is 0 Å². The molecule has 138 valence electrons. The van der Waals surface area contributed by atoms with Crippen molar-refractivity contribution in [1.29, 1.82) is 0 Å². The monoisotopic (exact) mass is 362 g/mol. The van der Waals surface area contributed by atoms with Gasteiger partial charge in [-0.15, -0.1) is 0 Å². The number of carbonyl (C=O) groups excluding carboxylic acids is 2. The average Bonchev–Trinajstić information content (AvgIpc) is 3.23. The van der Waals surface area contributed by atoms with Gasteiger partial charge in [0.15, 0.2) is 5.76 Å². The largest absolute Gasteiger partial charge is 0.459 e. The van der Waals surface area contributed by atoms with Crippen molar-refractivity contribution in [3.8, 4) is 0 Å². The normalized spacial score (nSPS) is 11.6. The number of aryl methyl sites for hydroxylation is 1. The van der Waals surface area contributed by atoms with Crippen molar-refractivity contribution in [2.75, 3.05) is 11.9 Å². The van der Waals surface area contributed by atoms with Gasteiger partial charge in [0.1, 0.15) is 0 Å². The third kappa shape index (κ3) is 4.44. The minimum absolute atomic E-state index is 0.182. The van der Waals surface area contributed by atoms with E-state index < -0.39 is 0 Å². The van der Waals surface area contributed by atoms with E-state index in [1.807, 2.05) is 43.3 Å². The van der Waals surface area contributed by atoms with Gasteiger partial charge in [-0.05, 0) is 42.2 Å². The molecule has 0 unspecified atom stereocenters. The van der Waals surface area contributed by atoms with Crippen LogP contribution in [-0.4, -0.2) is 18.4 Å². The minimum Gasteiger partial charge on any atom is -0.459 e. The van der Waals surface area contributed by atoms with Crippen molar-refractivity contribution in [3.63, 3.8) is 0 Å². The zero-order chi connectivity index (χ0) is 19.2. The summed E-state index contributed by atoms with van der Waals surface area (Å²) < 4.78 is 5.12. The minimum atomic E-state index is -0.388. The van der Waals surface area contributed by atoms with Gasteiger partial charge in [0.2, 0.25) is 0 Å². The smallest absolute Gasteiger partial charge is 0.291 e. The molecule has 2 amide bonds. The number of hydrogen-bond donors (Lipinski definition) is 2. The van der Waals surface area contributed by atoms with Crippen LogP contribution in [0.4, 0.5) is 5.69 Å². The Morgan fingerprint density at radius 1 is 0.963 bits per heavy atom. The molecule has 5 heteroatoms. The van der Waals surface area contributed by atoms with Gasteiger partial charge in [-0.3, -0.25) is 9.59 Å². The van der Waals surface area contributed by atoms with Crippen LogP contribution in [0.3, 0.4) is 0 Å². The van der Waals surface area contributed by atoms with Crippen molar-refractivity contribution < 1.29 is 14.0 Å². The van der Waals surface area contributed by atoms with Crippen LogP contribution < -0.4 is 10.6 Å². The van der Waals surface area contributed by atoms with E-state index in [9.17, 15) is 9.59 Å². The Morgan fingerprint density at radius 3 is 2.44 bits per heavy atom. The standard InChI is InChI=1S/C22H22N2O3/c1-15-8-6-11-18(20(15)24-22(26)19-12-7-13-27-19)21(25)23-14-16(2)17-9-4-3-5-10-17/h3-13,16H,14H2,1-2H3,(H,23,25)(H,24,26)/t16-/m0/s1. The number of nitrogens with one attached hydrogen (secondary N) is 2. The highest BCUT2D eigenvalue weighted by atomic mass is 16.3. The molecular formula is C22H22N2O3. The summed E-state index contributed by atoms with van der Waals surface area (Å²) in [6, 6.07) is 18.6. The molecule has 3 rings (SSSR count). The van der Waals surface area contributed by atoms with Crippen LogP contribution in [-0.2, 0) is 0 Å². The predicted molar refractivity (Wildman–Crippen MR) is 105 cm³/mol. The molecule has 0 aliphatic heterocycles. The number of furan rings is 1. The Morgan fingerprint density at radius 2 is 1.74 bits per heavy atom. The lowest BCUT2D eigenvalue weighted by atomic mass is 10.0. The third-order valence-corrected chi connectivity index (χ3v) is 4.44. The first-order chi connectivity index (χ1) is 13.1. The molecule has 0 saturated carbocycles. The fourth-order valence-electron chi connectivity index (χ4n) is 2.85. The summed E-state index contributed by atoms with van der Waals surface area (Å²) in [6.45, 7) is 4.41. The molecule has 0 saturated heterocycles. The molecule has 0 radical (unpaired) electrons. The summed E-state index contributed by atoms with van der Waals surface area (Å²) in [5.74, 6) is -0.236. The fraction of sp³-hybridized carbons (Fsp3) is 0.182. The average molecular weight is 362 g/mol. The maximum atomic E-state index is 12.7. The summed E-state index contributed by atoms with van der Waals surface area (Å²) in [7, 11) is 0. The van der Waals surface area contributed by atoms with E-state index in [1.54, 1.807) is 24.3 Å². The van der Waals surface area contributed by atoms with E-state index in [4.69, 9.17) is 4.42 Å². The van der Waals surface area contributed by atoms with Crippen LogP contribution >= 0.6 is 0 Å². The van der Waals surface area contributed by atoms with Crippen LogP contribution in [0, 0.1) is 6.92 Å². The quantitative estimate of drug-likeness (QED) is 0.684. The summed E-state index contributed by atoms with van der Waals surface area (Å²) >= 11 is 0. The Bertz CT molecular complexity index is 918. The van der Waals surface area contributed by atoms with E-state index in [0.29, 0.717) is 17.8 Å². The summed E-state index contributed by atoms with van der Waals surface area (Å²) in [5, 5.41) is 5.75. The molecular weight excluding hydrogens is 340 g/mol. The lowest BCUT2D eigenvalue weighted by Crippen LogP contribution is -2.29. The van der Waals surface area contributed by atoms with Gasteiger partial charge >= 0.3 is 0 Å². The van der Waals surface area contributed by atoms with Crippen LogP contribution in [0.25, 0.3) is 0 Å². The molecule has 0 fully saturated rings. The first-order valence-corrected chi connectivity index (χ1v) is 8.84. The number of benzene rings is 2. The van der Waals surface area contributed by atoms with Crippen molar-refractivity contribution >= 4 is 17.5 Å². The van der Waals surface area contributed by atoms with Gasteiger partial charge in [0.05, 0.1) is 17.5 Å². The van der Waals surface area contributed by atoms with E-state index in [2.05, 4.69) is 17.6 Å². The molecule has 0 spiro atoms. The number of anilines is 1. The molecule has 2 aromatic carbocycles. The van der Waals surface area contributed by atoms with Gasteiger partial charge < -0.3 is 15.1 Å². The van der Waals surface area contributed by atoms with Crippen LogP contribution in [0.1, 0.15) is 44.9 Å². The second-order valence-corrected chi connectivity index (χ2v) is 6.45. The molecule has 27 heavy (non-hydrogen) atoms. The van der Waals surface area contributed by atoms with Gasteiger partial charge in [-0.1, -0.05) is 49.4 Å². The molecule has 3 aromatic rings. The van der Waals surface area contributed by atoms with Gasteiger partial charge in [0, 0.05) is 6.54 Å². The number of amides is 2. The second-order valence-electron chi connectivity index (χ2n) is 6.45. The highest BCUT2D eigenvalue weighted by molar-refractivity contribution is 6.08. The highest BCUT2D eigenvalue weighted by Crippen LogP contribution is 2.22. The van der Waals surface area contributed by atoms with Crippen LogP contribution in [0.2, 0.25) is 0 Å². The molecule has 1 aromatic heterocycles. The van der Waals surface area contributed by atoms with Crippen LogP contribution in [0.15, 0.2) is 71.3 Å². The summed E-state index contributed by atoms with van der Waals surface area (Å²) in [6.07, 6.45) is 1.44. The van der Waals surface area contributed by atoms with Gasteiger partial charge in [0.25, 0.3) is 11.8 Å². The highest BCUT2D eigenvalue weighted by Gasteiger charge is 2.18. The lowest BCUT2D eigenvalue weighted by Gasteiger charge is -2.16. The molecule has 1 heterocycles.